The fourth-order valence-electron chi connectivity index (χ4n) is 2.26. The summed E-state index contributed by atoms with van der Waals surface area (Å²) in [6.45, 7) is 4.33. The van der Waals surface area contributed by atoms with Gasteiger partial charge in [0.05, 0.1) is 12.7 Å². The average molecular weight is 219 g/mol. The van der Waals surface area contributed by atoms with Gasteiger partial charge >= 0.3 is 5.97 Å². The third kappa shape index (κ3) is 1.61. The van der Waals surface area contributed by atoms with Crippen LogP contribution in [0.4, 0.5) is 0 Å². The molecule has 1 aliphatic rings. The first-order valence-corrected chi connectivity index (χ1v) is 5.42. The second-order valence-electron chi connectivity index (χ2n) is 4.94. The fraction of sp³-hybridized carbons (Fsp3) is 0.462. The van der Waals surface area contributed by atoms with E-state index in [0.29, 0.717) is 11.5 Å². The number of rotatable bonds is 2. The summed E-state index contributed by atoms with van der Waals surface area (Å²) in [5.41, 5.74) is 7.96. The van der Waals surface area contributed by atoms with Crippen LogP contribution in [0.5, 0.6) is 0 Å². The summed E-state index contributed by atoms with van der Waals surface area (Å²) < 4.78 is 4.65. The summed E-state index contributed by atoms with van der Waals surface area (Å²) in [4.78, 5) is 11.3. The zero-order chi connectivity index (χ0) is 11.9. The van der Waals surface area contributed by atoms with Gasteiger partial charge < -0.3 is 10.5 Å². The monoisotopic (exact) mass is 219 g/mol. The number of hydrogen-bond donors (Lipinski definition) is 1. The highest BCUT2D eigenvalue weighted by Gasteiger charge is 2.55. The molecule has 1 aromatic carbocycles. The molecule has 3 nitrogen and oxygen atoms in total. The molecular weight excluding hydrogens is 202 g/mol. The predicted molar refractivity (Wildman–Crippen MR) is 62.3 cm³/mol. The molecule has 0 bridgehead atoms. The van der Waals surface area contributed by atoms with Gasteiger partial charge in [-0.25, -0.2) is 4.79 Å². The highest BCUT2D eigenvalue weighted by Crippen LogP contribution is 2.57. The van der Waals surface area contributed by atoms with E-state index in [2.05, 4.69) is 18.6 Å². The van der Waals surface area contributed by atoms with E-state index in [9.17, 15) is 4.79 Å². The zero-order valence-electron chi connectivity index (χ0n) is 9.86. The highest BCUT2D eigenvalue weighted by atomic mass is 16.5. The Morgan fingerprint density at radius 2 is 1.81 bits per heavy atom. The lowest BCUT2D eigenvalue weighted by atomic mass is 10.0. The first-order valence-electron chi connectivity index (χ1n) is 5.42. The van der Waals surface area contributed by atoms with E-state index in [0.717, 1.165) is 0 Å². The normalized spacial score (nSPS) is 26.2. The summed E-state index contributed by atoms with van der Waals surface area (Å²) in [5.74, 6) is 0.102. The maximum Gasteiger partial charge on any atom is 0.337 e. The molecule has 0 amide bonds. The molecule has 1 aliphatic carbocycles. The summed E-state index contributed by atoms with van der Waals surface area (Å²) in [6.07, 6.45) is 0. The van der Waals surface area contributed by atoms with Crippen molar-refractivity contribution in [3.05, 3.63) is 35.4 Å². The zero-order valence-corrected chi connectivity index (χ0v) is 9.86. The number of hydrogen-bond acceptors (Lipinski definition) is 3. The van der Waals surface area contributed by atoms with Gasteiger partial charge in [-0.15, -0.1) is 0 Å². The van der Waals surface area contributed by atoms with E-state index in [-0.39, 0.29) is 17.4 Å². The van der Waals surface area contributed by atoms with Crippen LogP contribution < -0.4 is 5.73 Å². The fourth-order valence-corrected chi connectivity index (χ4v) is 2.26. The Bertz CT molecular complexity index is 408. The largest absolute Gasteiger partial charge is 0.465 e. The third-order valence-electron chi connectivity index (χ3n) is 3.60. The van der Waals surface area contributed by atoms with Crippen molar-refractivity contribution in [3.8, 4) is 0 Å². The number of methoxy groups -OCH3 is 1. The predicted octanol–water partition coefficient (Wildman–Crippen LogP) is 1.92. The van der Waals surface area contributed by atoms with Crippen LogP contribution >= 0.6 is 0 Å². The Kier molecular flexibility index (Phi) is 2.50. The molecule has 0 aromatic heterocycles. The van der Waals surface area contributed by atoms with Crippen molar-refractivity contribution >= 4 is 5.97 Å². The van der Waals surface area contributed by atoms with Crippen LogP contribution in [0.1, 0.15) is 35.7 Å². The molecule has 0 unspecified atom stereocenters. The van der Waals surface area contributed by atoms with Gasteiger partial charge in [0.2, 0.25) is 0 Å². The van der Waals surface area contributed by atoms with Gasteiger partial charge in [-0.2, -0.15) is 0 Å². The van der Waals surface area contributed by atoms with E-state index >= 15 is 0 Å². The van der Waals surface area contributed by atoms with Crippen molar-refractivity contribution < 1.29 is 9.53 Å². The molecule has 0 saturated heterocycles. The van der Waals surface area contributed by atoms with E-state index in [1.165, 1.54) is 12.7 Å². The molecule has 1 fully saturated rings. The van der Waals surface area contributed by atoms with Crippen LogP contribution in [-0.2, 0) is 4.74 Å². The first-order chi connectivity index (χ1) is 7.48. The molecule has 0 radical (unpaired) electrons. The molecule has 0 heterocycles. The smallest absolute Gasteiger partial charge is 0.337 e. The molecule has 2 rings (SSSR count). The van der Waals surface area contributed by atoms with Crippen LogP contribution in [-0.4, -0.2) is 19.1 Å². The van der Waals surface area contributed by atoms with Crippen LogP contribution in [0, 0.1) is 5.41 Å². The maximum absolute atomic E-state index is 11.3. The van der Waals surface area contributed by atoms with Crippen LogP contribution in [0.25, 0.3) is 0 Å². The molecule has 0 spiro atoms. The van der Waals surface area contributed by atoms with E-state index in [1.807, 2.05) is 12.1 Å². The van der Waals surface area contributed by atoms with Crippen molar-refractivity contribution in [1.29, 1.82) is 0 Å². The second kappa shape index (κ2) is 3.59. The molecule has 1 saturated carbocycles. The molecule has 3 heteroatoms. The van der Waals surface area contributed by atoms with E-state index in [1.54, 1.807) is 12.1 Å². The Morgan fingerprint density at radius 1 is 1.31 bits per heavy atom. The lowest BCUT2D eigenvalue weighted by Crippen LogP contribution is -2.06. The molecule has 16 heavy (non-hydrogen) atoms. The average Bonchev–Trinajstić information content (AvgIpc) is 2.77. The van der Waals surface area contributed by atoms with Gasteiger partial charge in [0.15, 0.2) is 0 Å². The van der Waals surface area contributed by atoms with Gasteiger partial charge in [-0.05, 0) is 23.1 Å². The van der Waals surface area contributed by atoms with Crippen LogP contribution in [0.15, 0.2) is 24.3 Å². The number of benzene rings is 1. The van der Waals surface area contributed by atoms with E-state index < -0.39 is 0 Å². The number of nitrogens with two attached hydrogens (primary N) is 1. The van der Waals surface area contributed by atoms with Crippen molar-refractivity contribution in [2.24, 2.45) is 11.1 Å². The Labute approximate surface area is 95.6 Å². The molecule has 86 valence electrons. The van der Waals surface area contributed by atoms with Crippen molar-refractivity contribution in [2.75, 3.05) is 7.11 Å². The molecule has 0 aliphatic heterocycles. The molecule has 2 atom stereocenters. The number of carbonyl (C=O) groups excluding carboxylic acids is 1. The minimum atomic E-state index is -0.300. The summed E-state index contributed by atoms with van der Waals surface area (Å²) in [5, 5.41) is 0. The van der Waals surface area contributed by atoms with Gasteiger partial charge in [-0.1, -0.05) is 26.0 Å². The number of esters is 1. The quantitative estimate of drug-likeness (QED) is 0.773. The minimum Gasteiger partial charge on any atom is -0.465 e. The SMILES string of the molecule is COC(=O)c1ccc([C@H]2[C@H](N)C2(C)C)cc1. The topological polar surface area (TPSA) is 52.3 Å². The van der Waals surface area contributed by atoms with Crippen LogP contribution in [0.3, 0.4) is 0 Å². The lowest BCUT2D eigenvalue weighted by Gasteiger charge is -2.04. The first kappa shape index (κ1) is 11.1. The lowest BCUT2D eigenvalue weighted by molar-refractivity contribution is 0.0600. The Balaban J connectivity index is 2.18. The number of carbonyl (C=O) groups is 1. The molecule has 1 aromatic rings. The van der Waals surface area contributed by atoms with E-state index in [4.69, 9.17) is 5.73 Å². The molecule has 2 N–H and O–H groups in total. The summed E-state index contributed by atoms with van der Waals surface area (Å²) in [6, 6.07) is 7.73. The van der Waals surface area contributed by atoms with Gasteiger partial charge in [0.1, 0.15) is 0 Å². The summed E-state index contributed by atoms with van der Waals surface area (Å²) >= 11 is 0. The Morgan fingerprint density at radius 3 is 2.19 bits per heavy atom. The molecular formula is C13H17NO2. The highest BCUT2D eigenvalue weighted by molar-refractivity contribution is 5.89. The maximum atomic E-state index is 11.3. The standard InChI is InChI=1S/C13H17NO2/c1-13(2)10(11(13)14)8-4-6-9(7-5-8)12(15)16-3/h4-7,10-11H,14H2,1-3H3/t10-,11-/m0/s1. The van der Waals surface area contributed by atoms with Gasteiger partial charge in [-0.3, -0.25) is 0 Å². The van der Waals surface area contributed by atoms with Gasteiger partial charge in [0, 0.05) is 12.0 Å². The van der Waals surface area contributed by atoms with Crippen molar-refractivity contribution in [3.63, 3.8) is 0 Å². The number of ether oxygens (including phenoxy) is 1. The van der Waals surface area contributed by atoms with Crippen LogP contribution in [0.2, 0.25) is 0 Å². The second-order valence-corrected chi connectivity index (χ2v) is 4.94. The van der Waals surface area contributed by atoms with Crippen molar-refractivity contribution in [2.45, 2.75) is 25.8 Å². The summed E-state index contributed by atoms with van der Waals surface area (Å²) in [7, 11) is 1.39. The minimum absolute atomic E-state index is 0.173. The third-order valence-corrected chi connectivity index (χ3v) is 3.60. The van der Waals surface area contributed by atoms with Crippen molar-refractivity contribution in [1.82, 2.24) is 0 Å². The van der Waals surface area contributed by atoms with Gasteiger partial charge in [0.25, 0.3) is 0 Å². The Hall–Kier alpha value is -1.35.